The van der Waals surface area contributed by atoms with Crippen LogP contribution in [0.3, 0.4) is 0 Å². The van der Waals surface area contributed by atoms with Gasteiger partial charge in [-0.3, -0.25) is 9.59 Å². The van der Waals surface area contributed by atoms with Crippen LogP contribution < -0.4 is 10.6 Å². The first-order valence-electron chi connectivity index (χ1n) is 5.43. The normalized spacial score (nSPS) is 11.8. The predicted molar refractivity (Wildman–Crippen MR) is 64.5 cm³/mol. The number of nitrogens with one attached hydrogen (secondary N) is 2. The Kier molecular flexibility index (Phi) is 4.79. The smallest absolute Gasteiger partial charge is 0.313 e. The van der Waals surface area contributed by atoms with E-state index < -0.39 is 23.7 Å². The van der Waals surface area contributed by atoms with Crippen LogP contribution in [0.25, 0.3) is 0 Å². The van der Waals surface area contributed by atoms with E-state index in [1.54, 1.807) is 6.92 Å². The van der Waals surface area contributed by atoms with E-state index in [1.165, 1.54) is 25.1 Å². The molecule has 0 aliphatic rings. The van der Waals surface area contributed by atoms with E-state index in [0.717, 1.165) is 0 Å². The van der Waals surface area contributed by atoms with Gasteiger partial charge in [0.15, 0.2) is 0 Å². The van der Waals surface area contributed by atoms with Crippen LogP contribution >= 0.6 is 0 Å². The Morgan fingerprint density at radius 2 is 2.06 bits per heavy atom. The van der Waals surface area contributed by atoms with Gasteiger partial charge in [-0.15, -0.1) is 0 Å². The molecule has 0 aliphatic heterocycles. The number of halogens is 1. The Bertz CT molecular complexity index is 461. The molecule has 0 fully saturated rings. The zero-order valence-corrected chi connectivity index (χ0v) is 10.2. The molecule has 2 amide bonds. The zero-order chi connectivity index (χ0) is 13.7. The number of benzene rings is 1. The molecule has 3 N–H and O–H groups in total. The maximum atomic E-state index is 12.8. The molecule has 1 aromatic rings. The first-order valence-corrected chi connectivity index (χ1v) is 5.43. The summed E-state index contributed by atoms with van der Waals surface area (Å²) in [6.07, 6.45) is -0.727. The van der Waals surface area contributed by atoms with E-state index in [9.17, 15) is 14.0 Å². The molecule has 0 unspecified atom stereocenters. The number of aliphatic hydroxyl groups is 1. The number of hydrogen-bond donors (Lipinski definition) is 3. The van der Waals surface area contributed by atoms with Crippen molar-refractivity contribution in [3.63, 3.8) is 0 Å². The third kappa shape index (κ3) is 4.14. The van der Waals surface area contributed by atoms with Gasteiger partial charge in [-0.05, 0) is 37.6 Å². The van der Waals surface area contributed by atoms with Crippen molar-refractivity contribution in [3.05, 3.63) is 29.6 Å². The molecule has 0 bridgehead atoms. The second-order valence-corrected chi connectivity index (χ2v) is 3.97. The molecule has 0 aliphatic carbocycles. The van der Waals surface area contributed by atoms with Gasteiger partial charge >= 0.3 is 11.8 Å². The van der Waals surface area contributed by atoms with E-state index in [2.05, 4.69) is 10.6 Å². The predicted octanol–water partition coefficient (Wildman–Crippen LogP) is 0.570. The molecule has 5 nitrogen and oxygen atoms in total. The van der Waals surface area contributed by atoms with Crippen molar-refractivity contribution in [3.8, 4) is 0 Å². The van der Waals surface area contributed by atoms with Crippen LogP contribution in [0.5, 0.6) is 0 Å². The van der Waals surface area contributed by atoms with E-state index in [-0.39, 0.29) is 6.54 Å². The Hall–Kier alpha value is -1.95. The lowest BCUT2D eigenvalue weighted by molar-refractivity contribution is -0.136. The van der Waals surface area contributed by atoms with Crippen molar-refractivity contribution in [1.82, 2.24) is 5.32 Å². The third-order valence-corrected chi connectivity index (χ3v) is 2.20. The quantitative estimate of drug-likeness (QED) is 0.690. The SMILES string of the molecule is Cc1cc(F)ccc1NC(=O)C(=O)NC[C@@H](C)O. The summed E-state index contributed by atoms with van der Waals surface area (Å²) in [5.41, 5.74) is 0.889. The molecular weight excluding hydrogens is 239 g/mol. The highest BCUT2D eigenvalue weighted by molar-refractivity contribution is 6.39. The fourth-order valence-corrected chi connectivity index (χ4v) is 1.27. The highest BCUT2D eigenvalue weighted by atomic mass is 19.1. The van der Waals surface area contributed by atoms with Crippen LogP contribution in [0.1, 0.15) is 12.5 Å². The fourth-order valence-electron chi connectivity index (χ4n) is 1.27. The summed E-state index contributed by atoms with van der Waals surface area (Å²) in [5.74, 6) is -2.12. The van der Waals surface area contributed by atoms with Gasteiger partial charge in [0.2, 0.25) is 0 Å². The van der Waals surface area contributed by atoms with E-state index in [1.807, 2.05) is 0 Å². The average molecular weight is 254 g/mol. The molecule has 0 saturated carbocycles. The Morgan fingerprint density at radius 1 is 1.39 bits per heavy atom. The first kappa shape index (κ1) is 14.1. The van der Waals surface area contributed by atoms with Gasteiger partial charge in [-0.1, -0.05) is 0 Å². The Morgan fingerprint density at radius 3 is 2.61 bits per heavy atom. The summed E-state index contributed by atoms with van der Waals surface area (Å²) in [5, 5.41) is 13.6. The Balaban J connectivity index is 2.61. The number of anilines is 1. The summed E-state index contributed by atoms with van der Waals surface area (Å²) in [4.78, 5) is 22.8. The molecule has 0 heterocycles. The lowest BCUT2D eigenvalue weighted by Crippen LogP contribution is -2.38. The van der Waals surface area contributed by atoms with Crippen molar-refractivity contribution < 1.29 is 19.1 Å². The van der Waals surface area contributed by atoms with Gasteiger partial charge in [0, 0.05) is 12.2 Å². The van der Waals surface area contributed by atoms with Crippen LogP contribution in [-0.2, 0) is 9.59 Å². The van der Waals surface area contributed by atoms with E-state index in [0.29, 0.717) is 11.3 Å². The highest BCUT2D eigenvalue weighted by Crippen LogP contribution is 2.15. The molecule has 0 aromatic heterocycles. The lowest BCUT2D eigenvalue weighted by atomic mass is 10.2. The van der Waals surface area contributed by atoms with Gasteiger partial charge in [0.1, 0.15) is 5.82 Å². The van der Waals surface area contributed by atoms with Crippen molar-refractivity contribution >= 4 is 17.5 Å². The minimum absolute atomic E-state index is 0.00530. The number of carbonyl (C=O) groups is 2. The molecule has 98 valence electrons. The Labute approximate surface area is 104 Å². The van der Waals surface area contributed by atoms with Crippen LogP contribution in [0.2, 0.25) is 0 Å². The molecule has 0 radical (unpaired) electrons. The van der Waals surface area contributed by atoms with E-state index >= 15 is 0 Å². The van der Waals surface area contributed by atoms with Crippen LogP contribution in [0, 0.1) is 12.7 Å². The number of aliphatic hydroxyl groups excluding tert-OH is 1. The molecule has 0 spiro atoms. The number of hydrogen-bond acceptors (Lipinski definition) is 3. The summed E-state index contributed by atoms with van der Waals surface area (Å²) < 4.78 is 12.8. The lowest BCUT2D eigenvalue weighted by Gasteiger charge is -2.09. The van der Waals surface area contributed by atoms with Gasteiger partial charge in [-0.25, -0.2) is 4.39 Å². The molecule has 1 rings (SSSR count). The van der Waals surface area contributed by atoms with Crippen LogP contribution in [-0.4, -0.2) is 29.6 Å². The molecule has 18 heavy (non-hydrogen) atoms. The standard InChI is InChI=1S/C12H15FN2O3/c1-7-5-9(13)3-4-10(7)15-12(18)11(17)14-6-8(2)16/h3-5,8,16H,6H2,1-2H3,(H,14,17)(H,15,18)/t8-/m1/s1. The summed E-state index contributed by atoms with van der Waals surface area (Å²) in [6.45, 7) is 3.10. The first-order chi connectivity index (χ1) is 8.40. The maximum Gasteiger partial charge on any atom is 0.313 e. The van der Waals surface area contributed by atoms with E-state index in [4.69, 9.17) is 5.11 Å². The molecule has 0 saturated heterocycles. The van der Waals surface area contributed by atoms with Gasteiger partial charge in [0.25, 0.3) is 0 Å². The molecule has 1 aromatic carbocycles. The molecule has 1 atom stereocenters. The van der Waals surface area contributed by atoms with Crippen LogP contribution in [0.4, 0.5) is 10.1 Å². The monoisotopic (exact) mass is 254 g/mol. The van der Waals surface area contributed by atoms with Crippen LogP contribution in [0.15, 0.2) is 18.2 Å². The van der Waals surface area contributed by atoms with Crippen molar-refractivity contribution in [2.75, 3.05) is 11.9 Å². The van der Waals surface area contributed by atoms with Crippen molar-refractivity contribution in [2.24, 2.45) is 0 Å². The van der Waals surface area contributed by atoms with Crippen molar-refractivity contribution in [1.29, 1.82) is 0 Å². The number of aryl methyl sites for hydroxylation is 1. The number of amides is 2. The third-order valence-electron chi connectivity index (χ3n) is 2.20. The summed E-state index contributed by atoms with van der Waals surface area (Å²) >= 11 is 0. The highest BCUT2D eigenvalue weighted by Gasteiger charge is 2.14. The second-order valence-electron chi connectivity index (χ2n) is 3.97. The largest absolute Gasteiger partial charge is 0.392 e. The zero-order valence-electron chi connectivity index (χ0n) is 10.2. The van der Waals surface area contributed by atoms with Gasteiger partial charge in [-0.2, -0.15) is 0 Å². The minimum Gasteiger partial charge on any atom is -0.392 e. The maximum absolute atomic E-state index is 12.8. The summed E-state index contributed by atoms with van der Waals surface area (Å²) in [6, 6.07) is 3.82. The van der Waals surface area contributed by atoms with Gasteiger partial charge in [0.05, 0.1) is 6.10 Å². The number of carbonyl (C=O) groups excluding carboxylic acids is 2. The van der Waals surface area contributed by atoms with Crippen molar-refractivity contribution in [2.45, 2.75) is 20.0 Å². The van der Waals surface area contributed by atoms with Gasteiger partial charge < -0.3 is 15.7 Å². The topological polar surface area (TPSA) is 78.4 Å². The second kappa shape index (κ2) is 6.11. The number of rotatable bonds is 3. The minimum atomic E-state index is -0.856. The fraction of sp³-hybridized carbons (Fsp3) is 0.333. The molecular formula is C12H15FN2O3. The molecule has 6 heteroatoms. The summed E-state index contributed by atoms with van der Waals surface area (Å²) in [7, 11) is 0. The average Bonchev–Trinajstić information content (AvgIpc) is 2.29.